The summed E-state index contributed by atoms with van der Waals surface area (Å²) in [5, 5.41) is 2.36. The van der Waals surface area contributed by atoms with Crippen LogP contribution in [-0.4, -0.2) is 37.2 Å². The minimum absolute atomic E-state index is 0.0631. The Morgan fingerprint density at radius 2 is 1.87 bits per heavy atom. The Kier molecular flexibility index (Phi) is 7.82. The molecule has 0 bridgehead atoms. The van der Waals surface area contributed by atoms with Crippen molar-refractivity contribution in [3.63, 3.8) is 0 Å². The van der Waals surface area contributed by atoms with Crippen molar-refractivity contribution in [3.05, 3.63) is 52.7 Å². The molecule has 2 rings (SSSR count). The van der Waals surface area contributed by atoms with Gasteiger partial charge >= 0.3 is 18.5 Å². The number of rotatable bonds is 6. The average Bonchev–Trinajstić information content (AvgIpc) is 2.66. The number of hydrogen-bond donors (Lipinski definition) is 1. The van der Waals surface area contributed by atoms with Crippen LogP contribution < -0.4 is 5.32 Å². The number of alkyl halides is 6. The molecule has 0 spiro atoms. The van der Waals surface area contributed by atoms with Crippen LogP contribution in [0.1, 0.15) is 29.3 Å². The van der Waals surface area contributed by atoms with E-state index in [0.29, 0.717) is 5.75 Å². The lowest BCUT2D eigenvalue weighted by molar-refractivity contribution is -0.336. The molecule has 5 nitrogen and oxygen atoms in total. The SMILES string of the molecule is CCSc1cc(C(F)(F)F)ccc1C(=O)NC1=CCC(OC(F)(F)F)C=C1C(=O)OC. The maximum Gasteiger partial charge on any atom is 0.523 e. The molecule has 0 aromatic heterocycles. The number of amides is 1. The normalized spacial score (nSPS) is 17.0. The van der Waals surface area contributed by atoms with Crippen LogP contribution in [0, 0.1) is 0 Å². The van der Waals surface area contributed by atoms with Crippen molar-refractivity contribution in [1.29, 1.82) is 0 Å². The first-order valence-electron chi connectivity index (χ1n) is 8.76. The standard InChI is InChI=1S/C19H17F6NO4S/c1-3-31-15-8-10(18(20,21)22)4-6-12(15)16(27)26-14-7-5-11(30-19(23,24)25)9-13(14)17(28)29-2/h4,6-9,11H,3,5H2,1-2H3,(H,26,27). The van der Waals surface area contributed by atoms with E-state index in [4.69, 9.17) is 0 Å². The second-order valence-electron chi connectivity index (χ2n) is 6.12. The number of halogens is 6. The van der Waals surface area contributed by atoms with E-state index in [-0.39, 0.29) is 28.1 Å². The Balaban J connectivity index is 2.31. The summed E-state index contributed by atoms with van der Waals surface area (Å²) in [6, 6.07) is 2.58. The van der Waals surface area contributed by atoms with Gasteiger partial charge in [-0.15, -0.1) is 24.9 Å². The predicted octanol–water partition coefficient (Wildman–Crippen LogP) is 4.84. The van der Waals surface area contributed by atoms with E-state index in [0.717, 1.165) is 49.2 Å². The molecule has 0 saturated heterocycles. The van der Waals surface area contributed by atoms with Gasteiger partial charge in [0.05, 0.1) is 35.6 Å². The first-order chi connectivity index (χ1) is 14.4. The van der Waals surface area contributed by atoms with Gasteiger partial charge in [0.2, 0.25) is 0 Å². The van der Waals surface area contributed by atoms with E-state index in [1.807, 2.05) is 0 Å². The quantitative estimate of drug-likeness (QED) is 0.367. The Morgan fingerprint density at radius 3 is 2.42 bits per heavy atom. The molecule has 0 radical (unpaired) electrons. The van der Waals surface area contributed by atoms with Crippen LogP contribution in [0.3, 0.4) is 0 Å². The van der Waals surface area contributed by atoms with Gasteiger partial charge in [-0.05, 0) is 36.4 Å². The lowest BCUT2D eigenvalue weighted by atomic mass is 10.0. The molecular formula is C19H17F6NO4S. The molecule has 1 aromatic rings. The molecular weight excluding hydrogens is 452 g/mol. The van der Waals surface area contributed by atoms with Crippen LogP contribution in [0.4, 0.5) is 26.3 Å². The van der Waals surface area contributed by atoms with Crippen LogP contribution in [0.15, 0.2) is 46.5 Å². The molecule has 1 aliphatic rings. The minimum atomic E-state index is -4.94. The lowest BCUT2D eigenvalue weighted by Crippen LogP contribution is -2.31. The zero-order valence-electron chi connectivity index (χ0n) is 16.2. The number of methoxy groups -OCH3 is 1. The van der Waals surface area contributed by atoms with E-state index in [1.165, 1.54) is 0 Å². The summed E-state index contributed by atoms with van der Waals surface area (Å²) in [6.07, 6.45) is -9.34. The number of esters is 1. The minimum Gasteiger partial charge on any atom is -0.465 e. The van der Waals surface area contributed by atoms with Crippen LogP contribution >= 0.6 is 11.8 Å². The first-order valence-corrected chi connectivity index (χ1v) is 9.75. The summed E-state index contributed by atoms with van der Waals surface area (Å²) < 4.78 is 84.8. The average molecular weight is 469 g/mol. The molecule has 1 aliphatic carbocycles. The summed E-state index contributed by atoms with van der Waals surface area (Å²) >= 11 is 1.01. The zero-order chi connectivity index (χ0) is 23.4. The molecule has 0 aliphatic heterocycles. The Bertz CT molecular complexity index is 908. The summed E-state index contributed by atoms with van der Waals surface area (Å²) in [7, 11) is 1.00. The van der Waals surface area contributed by atoms with E-state index in [1.54, 1.807) is 6.92 Å². The highest BCUT2D eigenvalue weighted by molar-refractivity contribution is 7.99. The molecule has 0 saturated carbocycles. The van der Waals surface area contributed by atoms with Gasteiger partial charge in [-0.1, -0.05) is 13.0 Å². The molecule has 0 fully saturated rings. The second kappa shape index (κ2) is 9.77. The van der Waals surface area contributed by atoms with Gasteiger partial charge in [-0.25, -0.2) is 4.79 Å². The molecule has 1 unspecified atom stereocenters. The summed E-state index contributed by atoms with van der Waals surface area (Å²) in [5.41, 5.74) is -1.52. The highest BCUT2D eigenvalue weighted by Crippen LogP contribution is 2.34. The second-order valence-corrected chi connectivity index (χ2v) is 7.43. The number of hydrogen-bond acceptors (Lipinski definition) is 5. The summed E-state index contributed by atoms with van der Waals surface area (Å²) in [4.78, 5) is 24.7. The van der Waals surface area contributed by atoms with Gasteiger partial charge in [0.25, 0.3) is 5.91 Å². The van der Waals surface area contributed by atoms with Gasteiger partial charge in [0, 0.05) is 4.90 Å². The molecule has 1 N–H and O–H groups in total. The van der Waals surface area contributed by atoms with E-state index < -0.39 is 36.1 Å². The topological polar surface area (TPSA) is 64.6 Å². The van der Waals surface area contributed by atoms with Gasteiger partial charge in [0.1, 0.15) is 0 Å². The maximum absolute atomic E-state index is 13.0. The van der Waals surface area contributed by atoms with E-state index in [2.05, 4.69) is 14.8 Å². The van der Waals surface area contributed by atoms with Crippen molar-refractivity contribution in [3.8, 4) is 0 Å². The third kappa shape index (κ3) is 6.76. The van der Waals surface area contributed by atoms with Crippen LogP contribution in [0.25, 0.3) is 0 Å². The van der Waals surface area contributed by atoms with Crippen molar-refractivity contribution in [1.82, 2.24) is 5.32 Å². The van der Waals surface area contributed by atoms with Crippen molar-refractivity contribution in [2.24, 2.45) is 0 Å². The highest BCUT2D eigenvalue weighted by Gasteiger charge is 2.35. The predicted molar refractivity (Wildman–Crippen MR) is 99.0 cm³/mol. The van der Waals surface area contributed by atoms with Crippen molar-refractivity contribution < 1.29 is 45.4 Å². The van der Waals surface area contributed by atoms with Crippen LogP contribution in [-0.2, 0) is 20.4 Å². The van der Waals surface area contributed by atoms with Gasteiger partial charge < -0.3 is 10.1 Å². The van der Waals surface area contributed by atoms with Crippen molar-refractivity contribution in [2.75, 3.05) is 12.9 Å². The molecule has 1 atom stereocenters. The molecule has 1 amide bonds. The number of ether oxygens (including phenoxy) is 2. The summed E-state index contributed by atoms with van der Waals surface area (Å²) in [5.74, 6) is -1.47. The highest BCUT2D eigenvalue weighted by atomic mass is 32.2. The number of nitrogens with one attached hydrogen (secondary N) is 1. The van der Waals surface area contributed by atoms with Gasteiger partial charge in [-0.3, -0.25) is 9.53 Å². The fraction of sp³-hybridized carbons (Fsp3) is 0.368. The fourth-order valence-corrected chi connectivity index (χ4v) is 3.54. The van der Waals surface area contributed by atoms with Gasteiger partial charge in [-0.2, -0.15) is 13.2 Å². The number of carbonyl (C=O) groups is 2. The third-order valence-electron chi connectivity index (χ3n) is 3.99. The number of benzene rings is 1. The largest absolute Gasteiger partial charge is 0.523 e. The third-order valence-corrected chi connectivity index (χ3v) is 4.93. The fourth-order valence-electron chi connectivity index (χ4n) is 2.70. The summed E-state index contributed by atoms with van der Waals surface area (Å²) in [6.45, 7) is 1.69. The zero-order valence-corrected chi connectivity index (χ0v) is 17.0. The van der Waals surface area contributed by atoms with Crippen molar-refractivity contribution in [2.45, 2.75) is 36.9 Å². The van der Waals surface area contributed by atoms with Crippen molar-refractivity contribution >= 4 is 23.6 Å². The van der Waals surface area contributed by atoms with Crippen LogP contribution in [0.5, 0.6) is 0 Å². The Morgan fingerprint density at radius 1 is 1.19 bits per heavy atom. The van der Waals surface area contributed by atoms with Crippen LogP contribution in [0.2, 0.25) is 0 Å². The Labute approximate surface area is 177 Å². The monoisotopic (exact) mass is 469 g/mol. The number of thioether (sulfide) groups is 1. The maximum atomic E-state index is 13.0. The van der Waals surface area contributed by atoms with E-state index in [9.17, 15) is 35.9 Å². The molecule has 1 aromatic carbocycles. The molecule has 31 heavy (non-hydrogen) atoms. The smallest absolute Gasteiger partial charge is 0.465 e. The lowest BCUT2D eigenvalue weighted by Gasteiger charge is -2.22. The Hall–Kier alpha value is -2.47. The van der Waals surface area contributed by atoms with Gasteiger partial charge in [0.15, 0.2) is 0 Å². The first kappa shape index (κ1) is 24.8. The van der Waals surface area contributed by atoms with E-state index >= 15 is 0 Å². The molecule has 0 heterocycles. The molecule has 12 heteroatoms. The molecule has 170 valence electrons. The number of carbonyl (C=O) groups excluding carboxylic acids is 2.